The lowest BCUT2D eigenvalue weighted by Crippen LogP contribution is -2.12. The normalized spacial score (nSPS) is 10.7. The van der Waals surface area contributed by atoms with Crippen molar-refractivity contribution >= 4 is 10.9 Å². The van der Waals surface area contributed by atoms with Gasteiger partial charge in [0.05, 0.1) is 5.52 Å². The van der Waals surface area contributed by atoms with Crippen LogP contribution in [0.5, 0.6) is 5.75 Å². The molecule has 0 aliphatic carbocycles. The van der Waals surface area contributed by atoms with E-state index in [1.165, 1.54) is 0 Å². The van der Waals surface area contributed by atoms with E-state index in [-0.39, 0.29) is 11.3 Å². The summed E-state index contributed by atoms with van der Waals surface area (Å²) in [5.74, 6) is 0.191. The van der Waals surface area contributed by atoms with Gasteiger partial charge >= 0.3 is 0 Å². The molecule has 2 N–H and O–H groups in total. The topological polar surface area (TPSA) is 53.1 Å². The Hall–Kier alpha value is -2.03. The molecule has 0 saturated heterocycles. The third-order valence-electron chi connectivity index (χ3n) is 3.18. The maximum absolute atomic E-state index is 11.8. The molecule has 1 aromatic heterocycles. The van der Waals surface area contributed by atoms with Gasteiger partial charge in [0.2, 0.25) is 0 Å². The number of aromatic hydroxyl groups is 1. The highest BCUT2D eigenvalue weighted by Gasteiger charge is 2.11. The number of benzene rings is 1. The number of pyridine rings is 1. The number of hydrogen-bond acceptors (Lipinski definition) is 2. The first-order valence-corrected chi connectivity index (χ1v) is 5.51. The van der Waals surface area contributed by atoms with E-state index in [2.05, 4.69) is 11.6 Å². The summed E-state index contributed by atoms with van der Waals surface area (Å²) in [6.45, 7) is 7.38. The average Bonchev–Trinajstić information content (AvgIpc) is 2.30. The number of nitrogens with one attached hydrogen (secondary N) is 1. The van der Waals surface area contributed by atoms with Crippen LogP contribution in [-0.4, -0.2) is 10.1 Å². The number of aryl methyl sites for hydroxylation is 1. The second kappa shape index (κ2) is 4.09. The van der Waals surface area contributed by atoms with E-state index >= 15 is 0 Å². The average molecular weight is 229 g/mol. The van der Waals surface area contributed by atoms with Crippen LogP contribution in [0, 0.1) is 13.8 Å². The van der Waals surface area contributed by atoms with Crippen LogP contribution in [-0.2, 0) is 6.42 Å². The molecule has 1 aromatic carbocycles. The third-order valence-corrected chi connectivity index (χ3v) is 3.18. The van der Waals surface area contributed by atoms with Crippen molar-refractivity contribution in [2.24, 2.45) is 0 Å². The van der Waals surface area contributed by atoms with E-state index in [1.807, 2.05) is 13.0 Å². The Morgan fingerprint density at radius 3 is 2.71 bits per heavy atom. The summed E-state index contributed by atoms with van der Waals surface area (Å²) in [6.07, 6.45) is 2.24. The maximum atomic E-state index is 11.8. The van der Waals surface area contributed by atoms with Gasteiger partial charge in [0.15, 0.2) is 0 Å². The molecular formula is C14H15NO2. The zero-order valence-electron chi connectivity index (χ0n) is 10.0. The number of aromatic amines is 1. The highest BCUT2D eigenvalue weighted by Crippen LogP contribution is 2.28. The van der Waals surface area contributed by atoms with Crippen molar-refractivity contribution in [3.05, 3.63) is 51.8 Å². The second-order valence-corrected chi connectivity index (χ2v) is 4.18. The zero-order chi connectivity index (χ0) is 12.6. The molecule has 17 heavy (non-hydrogen) atoms. The lowest BCUT2D eigenvalue weighted by molar-refractivity contribution is 0.470. The first-order chi connectivity index (χ1) is 8.06. The summed E-state index contributed by atoms with van der Waals surface area (Å²) in [6, 6.07) is 3.49. The van der Waals surface area contributed by atoms with Crippen molar-refractivity contribution in [3.63, 3.8) is 0 Å². The fraction of sp³-hybridized carbons (Fsp3) is 0.214. The van der Waals surface area contributed by atoms with Crippen LogP contribution in [0.25, 0.3) is 10.9 Å². The van der Waals surface area contributed by atoms with E-state index in [0.29, 0.717) is 17.5 Å². The maximum Gasteiger partial charge on any atom is 0.251 e. The molecule has 0 amide bonds. The fourth-order valence-corrected chi connectivity index (χ4v) is 2.02. The summed E-state index contributed by atoms with van der Waals surface area (Å²) in [4.78, 5) is 14.6. The van der Waals surface area contributed by atoms with Crippen LogP contribution >= 0.6 is 0 Å². The molecular weight excluding hydrogens is 214 g/mol. The van der Waals surface area contributed by atoms with Crippen LogP contribution in [0.2, 0.25) is 0 Å². The lowest BCUT2D eigenvalue weighted by atomic mass is 10.0. The van der Waals surface area contributed by atoms with Gasteiger partial charge in [0.1, 0.15) is 5.75 Å². The van der Waals surface area contributed by atoms with Crippen molar-refractivity contribution in [1.82, 2.24) is 4.98 Å². The standard InChI is InChI=1S/C14H15NO2/c1-4-5-11-12(16)7-6-10-8(2)9(3)14(17)15-13(10)11/h4,6-7,16H,1,5H2,2-3H3,(H,15,17). The Kier molecular flexibility index (Phi) is 2.76. The van der Waals surface area contributed by atoms with Crippen LogP contribution < -0.4 is 5.56 Å². The molecule has 0 aliphatic heterocycles. The fourth-order valence-electron chi connectivity index (χ4n) is 2.02. The molecule has 2 aromatic rings. The predicted molar refractivity (Wildman–Crippen MR) is 69.6 cm³/mol. The Morgan fingerprint density at radius 1 is 1.35 bits per heavy atom. The summed E-state index contributed by atoms with van der Waals surface area (Å²) < 4.78 is 0. The molecule has 1 heterocycles. The highest BCUT2D eigenvalue weighted by atomic mass is 16.3. The molecule has 0 atom stereocenters. The van der Waals surface area contributed by atoms with Crippen molar-refractivity contribution in [1.29, 1.82) is 0 Å². The third kappa shape index (κ3) is 1.73. The first-order valence-electron chi connectivity index (χ1n) is 5.51. The van der Waals surface area contributed by atoms with Gasteiger partial charge in [-0.15, -0.1) is 6.58 Å². The molecule has 3 nitrogen and oxygen atoms in total. The summed E-state index contributed by atoms with van der Waals surface area (Å²) in [5.41, 5.74) is 2.99. The van der Waals surface area contributed by atoms with Crippen LogP contribution in [0.1, 0.15) is 16.7 Å². The van der Waals surface area contributed by atoms with Gasteiger partial charge in [-0.05, 0) is 38.0 Å². The van der Waals surface area contributed by atoms with Gasteiger partial charge in [-0.1, -0.05) is 6.08 Å². The number of allylic oxidation sites excluding steroid dienone is 1. The smallest absolute Gasteiger partial charge is 0.251 e. The Balaban J connectivity index is 2.95. The number of phenols is 1. The number of aromatic nitrogens is 1. The van der Waals surface area contributed by atoms with E-state index < -0.39 is 0 Å². The largest absolute Gasteiger partial charge is 0.508 e. The lowest BCUT2D eigenvalue weighted by Gasteiger charge is -2.10. The number of fused-ring (bicyclic) bond motifs is 1. The van der Waals surface area contributed by atoms with E-state index in [0.717, 1.165) is 16.5 Å². The Bertz CT molecular complexity index is 653. The van der Waals surface area contributed by atoms with Gasteiger partial charge in [-0.25, -0.2) is 0 Å². The molecule has 0 aliphatic rings. The zero-order valence-corrected chi connectivity index (χ0v) is 10.0. The van der Waals surface area contributed by atoms with E-state index in [9.17, 15) is 9.90 Å². The minimum Gasteiger partial charge on any atom is -0.508 e. The molecule has 0 fully saturated rings. The highest BCUT2D eigenvalue weighted by molar-refractivity contribution is 5.87. The quantitative estimate of drug-likeness (QED) is 0.778. The molecule has 0 spiro atoms. The summed E-state index contributed by atoms with van der Waals surface area (Å²) in [5, 5.41) is 10.8. The van der Waals surface area contributed by atoms with Crippen LogP contribution in [0.15, 0.2) is 29.6 Å². The molecule has 88 valence electrons. The Morgan fingerprint density at radius 2 is 2.06 bits per heavy atom. The first kappa shape index (κ1) is 11.5. The predicted octanol–water partition coefficient (Wildman–Crippen LogP) is 2.58. The van der Waals surface area contributed by atoms with Gasteiger partial charge < -0.3 is 10.1 Å². The van der Waals surface area contributed by atoms with Gasteiger partial charge in [-0.2, -0.15) is 0 Å². The van der Waals surface area contributed by atoms with Crippen LogP contribution in [0.4, 0.5) is 0 Å². The molecule has 0 unspecified atom stereocenters. The molecule has 2 rings (SSSR count). The minimum atomic E-state index is -0.106. The molecule has 0 saturated carbocycles. The minimum absolute atomic E-state index is 0.106. The SMILES string of the molecule is C=CCc1c(O)ccc2c(C)c(C)c(=O)[nH]c12. The summed E-state index contributed by atoms with van der Waals surface area (Å²) >= 11 is 0. The van der Waals surface area contributed by atoms with Crippen LogP contribution in [0.3, 0.4) is 0 Å². The van der Waals surface area contributed by atoms with Gasteiger partial charge in [0.25, 0.3) is 5.56 Å². The monoisotopic (exact) mass is 229 g/mol. The van der Waals surface area contributed by atoms with Gasteiger partial charge in [0, 0.05) is 16.5 Å². The van der Waals surface area contributed by atoms with Crippen molar-refractivity contribution in [2.45, 2.75) is 20.3 Å². The van der Waals surface area contributed by atoms with Crippen molar-refractivity contribution < 1.29 is 5.11 Å². The number of H-pyrrole nitrogens is 1. The van der Waals surface area contributed by atoms with E-state index in [4.69, 9.17) is 0 Å². The molecule has 0 bridgehead atoms. The molecule has 3 heteroatoms. The molecule has 0 radical (unpaired) electrons. The van der Waals surface area contributed by atoms with Crippen molar-refractivity contribution in [2.75, 3.05) is 0 Å². The Labute approximate surface area is 99.4 Å². The second-order valence-electron chi connectivity index (χ2n) is 4.18. The number of phenolic OH excluding ortho intramolecular Hbond substituents is 1. The van der Waals surface area contributed by atoms with E-state index in [1.54, 1.807) is 19.1 Å². The summed E-state index contributed by atoms with van der Waals surface area (Å²) in [7, 11) is 0. The number of hydrogen-bond donors (Lipinski definition) is 2. The number of rotatable bonds is 2. The van der Waals surface area contributed by atoms with Crippen molar-refractivity contribution in [3.8, 4) is 5.75 Å². The van der Waals surface area contributed by atoms with Gasteiger partial charge in [-0.3, -0.25) is 4.79 Å².